The van der Waals surface area contributed by atoms with Crippen molar-refractivity contribution in [3.05, 3.63) is 28.9 Å². The minimum Gasteiger partial charge on any atom is -0.459 e. The van der Waals surface area contributed by atoms with E-state index in [1.54, 1.807) is 12.1 Å². The predicted octanol–water partition coefficient (Wildman–Crippen LogP) is 1.28. The van der Waals surface area contributed by atoms with Crippen LogP contribution in [0.15, 0.2) is 32.0 Å². The molecule has 1 aliphatic heterocycles. The van der Waals surface area contributed by atoms with Crippen LogP contribution in [0, 0.1) is 0 Å². The van der Waals surface area contributed by atoms with Crippen molar-refractivity contribution in [1.82, 2.24) is 9.78 Å². The summed E-state index contributed by atoms with van der Waals surface area (Å²) in [6.45, 7) is 1.19. The van der Waals surface area contributed by atoms with Gasteiger partial charge in [-0.3, -0.25) is 0 Å². The van der Waals surface area contributed by atoms with Crippen molar-refractivity contribution in [3.63, 3.8) is 0 Å². The monoisotopic (exact) mass is 236 g/mol. The van der Waals surface area contributed by atoms with Crippen molar-refractivity contribution >= 4 is 0 Å². The summed E-state index contributed by atoms with van der Waals surface area (Å²) in [7, 11) is 0. The molecule has 17 heavy (non-hydrogen) atoms. The van der Waals surface area contributed by atoms with Crippen LogP contribution in [0.3, 0.4) is 0 Å². The second-order valence-corrected chi connectivity index (χ2v) is 3.97. The van der Waals surface area contributed by atoms with E-state index < -0.39 is 5.76 Å². The molecule has 3 rings (SSSR count). The largest absolute Gasteiger partial charge is 0.459 e. The topological polar surface area (TPSA) is 70.4 Å². The number of ether oxygens (including phenoxy) is 1. The fraction of sp³-hybridized carbons (Fsp3) is 0.455. The smallest absolute Gasteiger partial charge is 0.437 e. The van der Waals surface area contributed by atoms with Crippen molar-refractivity contribution in [1.29, 1.82) is 0 Å². The number of hydrogen-bond donors (Lipinski definition) is 0. The van der Waals surface area contributed by atoms with E-state index in [2.05, 4.69) is 5.10 Å². The molecular weight excluding hydrogens is 224 g/mol. The van der Waals surface area contributed by atoms with Gasteiger partial charge in [0.1, 0.15) is 0 Å². The number of furan rings is 1. The van der Waals surface area contributed by atoms with Crippen molar-refractivity contribution in [2.45, 2.75) is 25.5 Å². The molecule has 0 amide bonds. The number of aromatic nitrogens is 2. The van der Waals surface area contributed by atoms with Crippen LogP contribution >= 0.6 is 0 Å². The van der Waals surface area contributed by atoms with Crippen LogP contribution in [0.4, 0.5) is 0 Å². The molecular formula is C11H12N2O4. The molecule has 2 aromatic heterocycles. The van der Waals surface area contributed by atoms with E-state index in [1.165, 1.54) is 10.9 Å². The summed E-state index contributed by atoms with van der Waals surface area (Å²) in [5, 5.41) is 4.08. The van der Waals surface area contributed by atoms with Gasteiger partial charge in [0, 0.05) is 6.61 Å². The first-order valence-corrected chi connectivity index (χ1v) is 5.56. The molecule has 0 spiro atoms. The number of rotatable bonds is 3. The average Bonchev–Trinajstić information content (AvgIpc) is 3.02. The van der Waals surface area contributed by atoms with Gasteiger partial charge in [0.25, 0.3) is 5.89 Å². The highest BCUT2D eigenvalue weighted by Crippen LogP contribution is 2.17. The second-order valence-electron chi connectivity index (χ2n) is 3.97. The SMILES string of the molecule is O=c1oc(-c2ccco2)nn1C[C@@H]1CCCO1. The van der Waals surface area contributed by atoms with E-state index in [-0.39, 0.29) is 12.0 Å². The molecule has 6 heteroatoms. The number of hydrogen-bond acceptors (Lipinski definition) is 5. The normalized spacial score (nSPS) is 19.9. The summed E-state index contributed by atoms with van der Waals surface area (Å²) in [5.74, 6) is 0.179. The highest BCUT2D eigenvalue weighted by atomic mass is 16.5. The lowest BCUT2D eigenvalue weighted by molar-refractivity contribution is 0.0922. The van der Waals surface area contributed by atoms with E-state index in [0.717, 1.165) is 19.4 Å². The molecule has 0 radical (unpaired) electrons. The zero-order valence-electron chi connectivity index (χ0n) is 9.17. The Kier molecular flexibility index (Phi) is 2.56. The maximum absolute atomic E-state index is 11.6. The maximum Gasteiger partial charge on any atom is 0.437 e. The highest BCUT2D eigenvalue weighted by Gasteiger charge is 2.20. The van der Waals surface area contributed by atoms with Crippen molar-refractivity contribution in [2.75, 3.05) is 6.61 Å². The first kappa shape index (κ1) is 10.3. The molecule has 3 heterocycles. The van der Waals surface area contributed by atoms with Crippen LogP contribution in [0.5, 0.6) is 0 Å². The zero-order chi connectivity index (χ0) is 11.7. The first-order valence-electron chi connectivity index (χ1n) is 5.56. The third-order valence-corrected chi connectivity index (χ3v) is 2.74. The Morgan fingerprint density at radius 1 is 1.53 bits per heavy atom. The zero-order valence-corrected chi connectivity index (χ0v) is 9.17. The van der Waals surface area contributed by atoms with Gasteiger partial charge in [-0.15, -0.1) is 5.10 Å². The summed E-state index contributed by atoms with van der Waals surface area (Å²) >= 11 is 0. The Balaban J connectivity index is 1.83. The first-order chi connectivity index (χ1) is 8.33. The van der Waals surface area contributed by atoms with Crippen LogP contribution in [0.1, 0.15) is 12.8 Å². The molecule has 0 N–H and O–H groups in total. The third kappa shape index (κ3) is 2.03. The Morgan fingerprint density at radius 2 is 2.47 bits per heavy atom. The second kappa shape index (κ2) is 4.21. The van der Waals surface area contributed by atoms with Crippen molar-refractivity contribution in [3.8, 4) is 11.7 Å². The van der Waals surface area contributed by atoms with E-state index in [9.17, 15) is 4.79 Å². The van der Waals surface area contributed by atoms with Gasteiger partial charge in [-0.25, -0.2) is 4.79 Å². The van der Waals surface area contributed by atoms with Gasteiger partial charge in [0.05, 0.1) is 18.9 Å². The Morgan fingerprint density at radius 3 is 3.18 bits per heavy atom. The third-order valence-electron chi connectivity index (χ3n) is 2.74. The van der Waals surface area contributed by atoms with Crippen LogP contribution in [-0.4, -0.2) is 22.5 Å². The fourth-order valence-corrected chi connectivity index (χ4v) is 1.90. The van der Waals surface area contributed by atoms with Crippen molar-refractivity contribution in [2.24, 2.45) is 0 Å². The number of nitrogens with zero attached hydrogens (tertiary/aromatic N) is 2. The van der Waals surface area contributed by atoms with Crippen molar-refractivity contribution < 1.29 is 13.6 Å². The molecule has 90 valence electrons. The Hall–Kier alpha value is -1.82. The maximum atomic E-state index is 11.6. The Bertz CT molecular complexity index is 534. The molecule has 1 fully saturated rings. The van der Waals surface area contributed by atoms with E-state index in [4.69, 9.17) is 13.6 Å². The lowest BCUT2D eigenvalue weighted by atomic mass is 10.2. The van der Waals surface area contributed by atoms with Gasteiger partial charge in [-0.2, -0.15) is 4.68 Å². The molecule has 0 unspecified atom stereocenters. The van der Waals surface area contributed by atoms with Gasteiger partial charge in [0.15, 0.2) is 5.76 Å². The molecule has 2 aromatic rings. The fourth-order valence-electron chi connectivity index (χ4n) is 1.90. The van der Waals surface area contributed by atoms with Crippen LogP contribution in [0.2, 0.25) is 0 Å². The predicted molar refractivity (Wildman–Crippen MR) is 57.4 cm³/mol. The summed E-state index contributed by atoms with van der Waals surface area (Å²) in [4.78, 5) is 11.6. The van der Waals surface area contributed by atoms with Crippen LogP contribution in [0.25, 0.3) is 11.7 Å². The summed E-state index contributed by atoms with van der Waals surface area (Å²) < 4.78 is 16.9. The van der Waals surface area contributed by atoms with E-state index in [0.29, 0.717) is 12.3 Å². The average molecular weight is 236 g/mol. The molecule has 1 aliphatic rings. The molecule has 0 saturated carbocycles. The molecule has 0 aliphatic carbocycles. The lowest BCUT2D eigenvalue weighted by Gasteiger charge is -2.06. The molecule has 0 aromatic carbocycles. The summed E-state index contributed by atoms with van der Waals surface area (Å²) in [6, 6.07) is 3.41. The minimum absolute atomic E-state index is 0.0576. The van der Waals surface area contributed by atoms with Gasteiger partial charge >= 0.3 is 5.76 Å². The summed E-state index contributed by atoms with van der Waals surface area (Å²) in [5.41, 5.74) is 0. The van der Waals surface area contributed by atoms with Crippen LogP contribution in [-0.2, 0) is 11.3 Å². The van der Waals surface area contributed by atoms with Gasteiger partial charge in [-0.1, -0.05) is 0 Å². The molecule has 1 saturated heterocycles. The minimum atomic E-state index is -0.480. The lowest BCUT2D eigenvalue weighted by Crippen LogP contribution is -2.24. The quantitative estimate of drug-likeness (QED) is 0.802. The molecule has 6 nitrogen and oxygen atoms in total. The van der Waals surface area contributed by atoms with Gasteiger partial charge < -0.3 is 13.6 Å². The molecule has 1 atom stereocenters. The van der Waals surface area contributed by atoms with E-state index >= 15 is 0 Å². The van der Waals surface area contributed by atoms with E-state index in [1.807, 2.05) is 0 Å². The van der Waals surface area contributed by atoms with Gasteiger partial charge in [-0.05, 0) is 25.0 Å². The summed E-state index contributed by atoms with van der Waals surface area (Å²) in [6.07, 6.45) is 3.55. The molecule has 0 bridgehead atoms. The standard InChI is InChI=1S/C11H12N2O4/c14-11-13(7-8-3-1-5-15-8)12-10(17-11)9-4-2-6-16-9/h2,4,6,8H,1,3,5,7H2/t8-/m0/s1. The van der Waals surface area contributed by atoms with Crippen LogP contribution < -0.4 is 5.76 Å². The highest BCUT2D eigenvalue weighted by molar-refractivity contribution is 5.42. The van der Waals surface area contributed by atoms with Gasteiger partial charge in [0.2, 0.25) is 0 Å². The Labute approximate surface area is 96.8 Å².